The lowest BCUT2D eigenvalue weighted by Gasteiger charge is -2.14. The van der Waals surface area contributed by atoms with Crippen molar-refractivity contribution >= 4 is 12.0 Å². The van der Waals surface area contributed by atoms with E-state index in [0.29, 0.717) is 0 Å². The first-order valence-electron chi connectivity index (χ1n) is 7.45. The Balaban J connectivity index is 1.46. The molecule has 1 unspecified atom stereocenters. The second-order valence-electron chi connectivity index (χ2n) is 5.72. The Bertz CT molecular complexity index is 479. The molecule has 1 aliphatic carbocycles. The number of carbonyl (C=O) groups is 1. The Morgan fingerprint density at radius 1 is 1.25 bits per heavy atom. The molecule has 106 valence electrons. The quantitative estimate of drug-likeness (QED) is 0.771. The highest BCUT2D eigenvalue weighted by molar-refractivity contribution is 5.91. The van der Waals surface area contributed by atoms with Gasteiger partial charge in [0.05, 0.1) is 6.10 Å². The van der Waals surface area contributed by atoms with Crippen LogP contribution >= 0.6 is 0 Å². The molecule has 1 aromatic carbocycles. The molecule has 0 spiro atoms. The minimum atomic E-state index is 0.0892. The van der Waals surface area contributed by atoms with Gasteiger partial charge in [-0.2, -0.15) is 0 Å². The van der Waals surface area contributed by atoms with Crippen molar-refractivity contribution in [2.45, 2.75) is 25.4 Å². The van der Waals surface area contributed by atoms with Gasteiger partial charge < -0.3 is 9.64 Å². The lowest BCUT2D eigenvalue weighted by Crippen LogP contribution is -2.28. The van der Waals surface area contributed by atoms with Crippen molar-refractivity contribution in [3.05, 3.63) is 42.0 Å². The predicted octanol–water partition coefficient (Wildman–Crippen LogP) is 2.73. The van der Waals surface area contributed by atoms with E-state index in [2.05, 4.69) is 0 Å². The molecule has 0 aromatic heterocycles. The second-order valence-corrected chi connectivity index (χ2v) is 5.72. The summed E-state index contributed by atoms with van der Waals surface area (Å²) in [5.41, 5.74) is 1.06. The molecule has 1 aliphatic heterocycles. The number of hydrogen-bond acceptors (Lipinski definition) is 2. The van der Waals surface area contributed by atoms with Gasteiger partial charge in [-0.15, -0.1) is 0 Å². The van der Waals surface area contributed by atoms with E-state index in [-0.39, 0.29) is 12.0 Å². The average Bonchev–Trinajstić information content (AvgIpc) is 3.20. The summed E-state index contributed by atoms with van der Waals surface area (Å²) in [5, 5.41) is 0. The summed E-state index contributed by atoms with van der Waals surface area (Å²) in [6.45, 7) is 2.44. The summed E-state index contributed by atoms with van der Waals surface area (Å²) >= 11 is 0. The minimum Gasteiger partial charge on any atom is -0.376 e. The third-order valence-corrected chi connectivity index (χ3v) is 3.94. The molecule has 1 aromatic rings. The van der Waals surface area contributed by atoms with Crippen molar-refractivity contribution in [2.75, 3.05) is 19.7 Å². The first kappa shape index (κ1) is 13.4. The van der Waals surface area contributed by atoms with Crippen LogP contribution < -0.4 is 0 Å². The highest BCUT2D eigenvalue weighted by Gasteiger charge is 2.28. The molecule has 1 saturated heterocycles. The normalized spacial score (nSPS) is 22.6. The van der Waals surface area contributed by atoms with Crippen LogP contribution in [0, 0.1) is 5.92 Å². The molecule has 3 rings (SSSR count). The summed E-state index contributed by atoms with van der Waals surface area (Å²) in [6, 6.07) is 9.91. The zero-order chi connectivity index (χ0) is 13.8. The number of carbonyl (C=O) groups excluding carboxylic acids is 1. The van der Waals surface area contributed by atoms with Crippen LogP contribution in [0.2, 0.25) is 0 Å². The molecule has 0 N–H and O–H groups in total. The monoisotopic (exact) mass is 271 g/mol. The number of hydrogen-bond donors (Lipinski definition) is 0. The van der Waals surface area contributed by atoms with Gasteiger partial charge in [0.2, 0.25) is 5.91 Å². The topological polar surface area (TPSA) is 29.5 Å². The van der Waals surface area contributed by atoms with Gasteiger partial charge in [-0.1, -0.05) is 30.3 Å². The molecule has 1 heterocycles. The van der Waals surface area contributed by atoms with Crippen LogP contribution in [0.15, 0.2) is 36.4 Å². The average molecular weight is 271 g/mol. The molecular weight excluding hydrogens is 250 g/mol. The summed E-state index contributed by atoms with van der Waals surface area (Å²) < 4.78 is 5.85. The highest BCUT2D eigenvalue weighted by atomic mass is 16.5. The Kier molecular flexibility index (Phi) is 4.16. The smallest absolute Gasteiger partial charge is 0.246 e. The van der Waals surface area contributed by atoms with Gasteiger partial charge >= 0.3 is 0 Å². The maximum Gasteiger partial charge on any atom is 0.246 e. The molecule has 2 aliphatic rings. The van der Waals surface area contributed by atoms with Gasteiger partial charge in [-0.25, -0.2) is 0 Å². The molecule has 1 atom stereocenters. The van der Waals surface area contributed by atoms with E-state index in [0.717, 1.165) is 37.6 Å². The standard InChI is InChI=1S/C17H21NO2/c19-17(9-8-14-4-2-1-3-5-14)18-11-10-16(12-18)20-13-15-6-7-15/h1-5,8-9,15-16H,6-7,10-13H2. The highest BCUT2D eigenvalue weighted by Crippen LogP contribution is 2.30. The Hall–Kier alpha value is -1.61. The van der Waals surface area contributed by atoms with Gasteiger partial charge in [0.1, 0.15) is 0 Å². The molecule has 2 fully saturated rings. The first-order valence-corrected chi connectivity index (χ1v) is 7.45. The zero-order valence-electron chi connectivity index (χ0n) is 11.7. The zero-order valence-corrected chi connectivity index (χ0v) is 11.7. The predicted molar refractivity (Wildman–Crippen MR) is 79.1 cm³/mol. The van der Waals surface area contributed by atoms with Crippen LogP contribution in [0.25, 0.3) is 6.08 Å². The van der Waals surface area contributed by atoms with Crippen molar-refractivity contribution < 1.29 is 9.53 Å². The van der Waals surface area contributed by atoms with Gasteiger partial charge in [-0.05, 0) is 36.8 Å². The number of rotatable bonds is 5. The van der Waals surface area contributed by atoms with Gasteiger partial charge in [-0.3, -0.25) is 4.79 Å². The van der Waals surface area contributed by atoms with Crippen molar-refractivity contribution in [1.29, 1.82) is 0 Å². The Morgan fingerprint density at radius 2 is 2.05 bits per heavy atom. The summed E-state index contributed by atoms with van der Waals surface area (Å²) in [4.78, 5) is 14.0. The van der Waals surface area contributed by atoms with Crippen LogP contribution in [0.4, 0.5) is 0 Å². The summed E-state index contributed by atoms with van der Waals surface area (Å²) in [6.07, 6.45) is 7.38. The number of likely N-dealkylation sites (tertiary alicyclic amines) is 1. The number of benzene rings is 1. The van der Waals surface area contributed by atoms with Gasteiger partial charge in [0.25, 0.3) is 0 Å². The Morgan fingerprint density at radius 3 is 2.80 bits per heavy atom. The van der Waals surface area contributed by atoms with Crippen LogP contribution in [0.5, 0.6) is 0 Å². The first-order chi connectivity index (χ1) is 9.81. The van der Waals surface area contributed by atoms with Gasteiger partial charge in [0.15, 0.2) is 0 Å². The fourth-order valence-electron chi connectivity index (χ4n) is 2.46. The third-order valence-electron chi connectivity index (χ3n) is 3.94. The van der Waals surface area contributed by atoms with E-state index in [1.165, 1.54) is 12.8 Å². The third kappa shape index (κ3) is 3.70. The van der Waals surface area contributed by atoms with E-state index >= 15 is 0 Å². The molecule has 3 heteroatoms. The van der Waals surface area contributed by atoms with Gasteiger partial charge in [0, 0.05) is 25.8 Å². The Labute approximate surface area is 120 Å². The van der Waals surface area contributed by atoms with Crippen molar-refractivity contribution in [3.63, 3.8) is 0 Å². The molecular formula is C17H21NO2. The van der Waals surface area contributed by atoms with Crippen LogP contribution in [0.3, 0.4) is 0 Å². The van der Waals surface area contributed by atoms with E-state index in [1.54, 1.807) is 6.08 Å². The summed E-state index contributed by atoms with van der Waals surface area (Å²) in [7, 11) is 0. The molecule has 1 saturated carbocycles. The molecule has 3 nitrogen and oxygen atoms in total. The van der Waals surface area contributed by atoms with E-state index < -0.39 is 0 Å². The van der Waals surface area contributed by atoms with Crippen LogP contribution in [0.1, 0.15) is 24.8 Å². The number of ether oxygens (including phenoxy) is 1. The van der Waals surface area contributed by atoms with E-state index in [9.17, 15) is 4.79 Å². The largest absolute Gasteiger partial charge is 0.376 e. The molecule has 0 radical (unpaired) electrons. The SMILES string of the molecule is O=C(C=Cc1ccccc1)N1CCC(OCC2CC2)C1. The molecule has 1 amide bonds. The van der Waals surface area contributed by atoms with E-state index in [4.69, 9.17) is 4.74 Å². The van der Waals surface area contributed by atoms with Crippen molar-refractivity contribution in [3.8, 4) is 0 Å². The minimum absolute atomic E-state index is 0.0892. The maximum atomic E-state index is 12.1. The van der Waals surface area contributed by atoms with Crippen molar-refractivity contribution in [2.24, 2.45) is 5.92 Å². The number of amides is 1. The maximum absolute atomic E-state index is 12.1. The number of nitrogens with zero attached hydrogens (tertiary/aromatic N) is 1. The van der Waals surface area contributed by atoms with E-state index in [1.807, 2.05) is 41.3 Å². The lowest BCUT2D eigenvalue weighted by atomic mass is 10.2. The fraction of sp³-hybridized carbons (Fsp3) is 0.471. The van der Waals surface area contributed by atoms with Crippen LogP contribution in [-0.2, 0) is 9.53 Å². The molecule has 20 heavy (non-hydrogen) atoms. The van der Waals surface area contributed by atoms with Crippen molar-refractivity contribution in [1.82, 2.24) is 4.90 Å². The second kappa shape index (κ2) is 6.23. The summed E-state index contributed by atoms with van der Waals surface area (Å²) in [5.74, 6) is 0.879. The lowest BCUT2D eigenvalue weighted by molar-refractivity contribution is -0.125. The van der Waals surface area contributed by atoms with Crippen LogP contribution in [-0.4, -0.2) is 36.6 Å². The molecule has 0 bridgehead atoms. The fourth-order valence-corrected chi connectivity index (χ4v) is 2.46.